The third-order valence-electron chi connectivity index (χ3n) is 3.08. The van der Waals surface area contributed by atoms with Crippen LogP contribution in [0, 0.1) is 18.7 Å². The molecule has 2 N–H and O–H groups in total. The highest BCUT2D eigenvalue weighted by Crippen LogP contribution is 2.10. The van der Waals surface area contributed by atoms with Crippen molar-refractivity contribution in [2.45, 2.75) is 13.3 Å². The van der Waals surface area contributed by atoms with Crippen LogP contribution >= 0.6 is 0 Å². The Morgan fingerprint density at radius 3 is 3.06 bits per heavy atom. The van der Waals surface area contributed by atoms with Gasteiger partial charge in [0.2, 0.25) is 0 Å². The van der Waals surface area contributed by atoms with Gasteiger partial charge in [0.25, 0.3) is 5.91 Å². The number of amides is 1. The van der Waals surface area contributed by atoms with Gasteiger partial charge in [0.15, 0.2) is 0 Å². The number of halogens is 1. The summed E-state index contributed by atoms with van der Waals surface area (Å²) < 4.78 is 13.5. The Hall–Kier alpha value is -1.42. The van der Waals surface area contributed by atoms with Crippen LogP contribution in [-0.4, -0.2) is 25.5 Å². The lowest BCUT2D eigenvalue weighted by atomic mass is 10.1. The molecule has 0 saturated carbocycles. The molecule has 0 aromatic heterocycles. The van der Waals surface area contributed by atoms with Crippen LogP contribution in [0.25, 0.3) is 0 Å². The fourth-order valence-corrected chi connectivity index (χ4v) is 2.03. The smallest absolute Gasteiger partial charge is 0.254 e. The first-order chi connectivity index (χ1) is 8.16. The van der Waals surface area contributed by atoms with Crippen LogP contribution in [0.15, 0.2) is 18.2 Å². The fraction of sp³-hybridized carbons (Fsp3) is 0.462. The molecule has 1 aliphatic heterocycles. The maximum Gasteiger partial charge on any atom is 0.254 e. The minimum Gasteiger partial charge on any atom is -0.352 e. The standard InChI is InChI=1S/C13H17FN2O/c1-9-2-3-11(12(14)6-9)13(17)16-8-10-4-5-15-7-10/h2-3,6,10,15H,4-5,7-8H2,1H3,(H,16,17). The Morgan fingerprint density at radius 1 is 1.59 bits per heavy atom. The summed E-state index contributed by atoms with van der Waals surface area (Å²) in [6.45, 7) is 4.34. The average molecular weight is 236 g/mol. The van der Waals surface area contributed by atoms with Crippen LogP contribution < -0.4 is 10.6 Å². The van der Waals surface area contributed by atoms with Gasteiger partial charge >= 0.3 is 0 Å². The molecule has 0 spiro atoms. The van der Waals surface area contributed by atoms with E-state index in [-0.39, 0.29) is 11.5 Å². The lowest BCUT2D eigenvalue weighted by Gasteiger charge is -2.10. The molecule has 4 heteroatoms. The summed E-state index contributed by atoms with van der Waals surface area (Å²) >= 11 is 0. The number of nitrogens with one attached hydrogen (secondary N) is 2. The van der Waals surface area contributed by atoms with Gasteiger partial charge in [-0.05, 0) is 50.0 Å². The van der Waals surface area contributed by atoms with Crippen LogP contribution in [0.5, 0.6) is 0 Å². The van der Waals surface area contributed by atoms with Crippen molar-refractivity contribution in [3.8, 4) is 0 Å². The molecule has 1 saturated heterocycles. The Morgan fingerprint density at radius 2 is 2.41 bits per heavy atom. The topological polar surface area (TPSA) is 41.1 Å². The van der Waals surface area contributed by atoms with Gasteiger partial charge in [-0.1, -0.05) is 6.07 Å². The quantitative estimate of drug-likeness (QED) is 0.834. The van der Waals surface area contributed by atoms with Crippen LogP contribution in [-0.2, 0) is 0 Å². The molecule has 17 heavy (non-hydrogen) atoms. The van der Waals surface area contributed by atoms with Gasteiger partial charge in [-0.3, -0.25) is 4.79 Å². The van der Waals surface area contributed by atoms with E-state index in [4.69, 9.17) is 0 Å². The van der Waals surface area contributed by atoms with E-state index in [1.807, 2.05) is 0 Å². The van der Waals surface area contributed by atoms with Crippen molar-refractivity contribution in [2.75, 3.05) is 19.6 Å². The predicted molar refractivity (Wildman–Crippen MR) is 64.4 cm³/mol. The number of benzene rings is 1. The normalized spacial score (nSPS) is 19.3. The van der Waals surface area contributed by atoms with E-state index < -0.39 is 5.82 Å². The summed E-state index contributed by atoms with van der Waals surface area (Å²) in [6, 6.07) is 4.66. The molecule has 1 fully saturated rings. The second-order valence-corrected chi connectivity index (χ2v) is 4.55. The third kappa shape index (κ3) is 3.03. The molecule has 1 unspecified atom stereocenters. The molecule has 1 aromatic rings. The fourth-order valence-electron chi connectivity index (χ4n) is 2.03. The number of aryl methyl sites for hydroxylation is 1. The Kier molecular flexibility index (Phi) is 3.74. The maximum absolute atomic E-state index is 13.5. The van der Waals surface area contributed by atoms with E-state index in [0.29, 0.717) is 12.5 Å². The molecule has 2 rings (SSSR count). The highest BCUT2D eigenvalue weighted by atomic mass is 19.1. The second kappa shape index (κ2) is 5.27. The van der Waals surface area contributed by atoms with Gasteiger partial charge in [0.05, 0.1) is 5.56 Å². The summed E-state index contributed by atoms with van der Waals surface area (Å²) in [7, 11) is 0. The van der Waals surface area contributed by atoms with Crippen LogP contribution in [0.2, 0.25) is 0 Å². The minimum absolute atomic E-state index is 0.126. The average Bonchev–Trinajstić information content (AvgIpc) is 2.78. The molecule has 0 bridgehead atoms. The van der Waals surface area contributed by atoms with Crippen molar-refractivity contribution in [2.24, 2.45) is 5.92 Å². The van der Waals surface area contributed by atoms with Crippen LogP contribution in [0.1, 0.15) is 22.3 Å². The van der Waals surface area contributed by atoms with Crippen molar-refractivity contribution < 1.29 is 9.18 Å². The summed E-state index contributed by atoms with van der Waals surface area (Å²) in [5.41, 5.74) is 0.945. The summed E-state index contributed by atoms with van der Waals surface area (Å²) in [5.74, 6) is -0.311. The Labute approximate surface area is 100 Å². The molecule has 92 valence electrons. The molecular formula is C13H17FN2O. The maximum atomic E-state index is 13.5. The number of carbonyl (C=O) groups excluding carboxylic acids is 1. The van der Waals surface area contributed by atoms with Crippen LogP contribution in [0.3, 0.4) is 0 Å². The minimum atomic E-state index is -0.452. The summed E-state index contributed by atoms with van der Waals surface area (Å²) in [5, 5.41) is 6.01. The molecule has 1 atom stereocenters. The predicted octanol–water partition coefficient (Wildman–Crippen LogP) is 1.47. The van der Waals surface area contributed by atoms with E-state index >= 15 is 0 Å². The van der Waals surface area contributed by atoms with Gasteiger partial charge < -0.3 is 10.6 Å². The molecule has 0 radical (unpaired) electrons. The monoisotopic (exact) mass is 236 g/mol. The van der Waals surface area contributed by atoms with Crippen molar-refractivity contribution in [1.29, 1.82) is 0 Å². The molecule has 1 aromatic carbocycles. The van der Waals surface area contributed by atoms with Crippen molar-refractivity contribution in [3.05, 3.63) is 35.1 Å². The second-order valence-electron chi connectivity index (χ2n) is 4.55. The molecule has 1 aliphatic rings. The largest absolute Gasteiger partial charge is 0.352 e. The zero-order valence-corrected chi connectivity index (χ0v) is 9.92. The Balaban J connectivity index is 1.94. The van der Waals surface area contributed by atoms with E-state index in [1.54, 1.807) is 13.0 Å². The van der Waals surface area contributed by atoms with Crippen molar-refractivity contribution >= 4 is 5.91 Å². The highest BCUT2D eigenvalue weighted by Gasteiger charge is 2.17. The zero-order valence-electron chi connectivity index (χ0n) is 9.92. The SMILES string of the molecule is Cc1ccc(C(=O)NCC2CCNC2)c(F)c1. The van der Waals surface area contributed by atoms with Crippen LogP contribution in [0.4, 0.5) is 4.39 Å². The molecule has 3 nitrogen and oxygen atoms in total. The van der Waals surface area contributed by atoms with Gasteiger partial charge in [-0.15, -0.1) is 0 Å². The van der Waals surface area contributed by atoms with Gasteiger partial charge in [0.1, 0.15) is 5.82 Å². The van der Waals surface area contributed by atoms with E-state index in [9.17, 15) is 9.18 Å². The lowest BCUT2D eigenvalue weighted by Crippen LogP contribution is -2.30. The number of hydrogen-bond donors (Lipinski definition) is 2. The number of carbonyl (C=O) groups is 1. The van der Waals surface area contributed by atoms with Gasteiger partial charge in [-0.2, -0.15) is 0 Å². The third-order valence-corrected chi connectivity index (χ3v) is 3.08. The van der Waals surface area contributed by atoms with E-state index in [1.165, 1.54) is 12.1 Å². The van der Waals surface area contributed by atoms with Gasteiger partial charge in [0, 0.05) is 6.54 Å². The number of rotatable bonds is 3. The molecule has 0 aliphatic carbocycles. The molecule has 1 heterocycles. The highest BCUT2D eigenvalue weighted by molar-refractivity contribution is 5.94. The zero-order chi connectivity index (χ0) is 12.3. The van der Waals surface area contributed by atoms with E-state index in [2.05, 4.69) is 10.6 Å². The van der Waals surface area contributed by atoms with E-state index in [0.717, 1.165) is 25.1 Å². The lowest BCUT2D eigenvalue weighted by molar-refractivity contribution is 0.0944. The molecule has 1 amide bonds. The summed E-state index contributed by atoms with van der Waals surface area (Å²) in [6.07, 6.45) is 1.07. The van der Waals surface area contributed by atoms with Crippen molar-refractivity contribution in [3.63, 3.8) is 0 Å². The van der Waals surface area contributed by atoms with Crippen molar-refractivity contribution in [1.82, 2.24) is 10.6 Å². The van der Waals surface area contributed by atoms with Gasteiger partial charge in [-0.25, -0.2) is 4.39 Å². The first-order valence-corrected chi connectivity index (χ1v) is 5.92. The molecular weight excluding hydrogens is 219 g/mol. The Bertz CT molecular complexity index is 414. The summed E-state index contributed by atoms with van der Waals surface area (Å²) in [4.78, 5) is 11.8. The first-order valence-electron chi connectivity index (χ1n) is 5.92. The first kappa shape index (κ1) is 12.0. The number of hydrogen-bond acceptors (Lipinski definition) is 2.